The van der Waals surface area contributed by atoms with Crippen molar-refractivity contribution in [2.24, 2.45) is 5.10 Å². The highest BCUT2D eigenvalue weighted by Crippen LogP contribution is 2.26. The molecule has 0 aliphatic heterocycles. The Kier molecular flexibility index (Phi) is 3.84. The molecule has 5 rings (SSSR count). The number of aryl methyl sites for hydroxylation is 1. The van der Waals surface area contributed by atoms with Crippen molar-refractivity contribution in [2.75, 3.05) is 0 Å². The van der Waals surface area contributed by atoms with Gasteiger partial charge < -0.3 is 4.52 Å². The van der Waals surface area contributed by atoms with Gasteiger partial charge in [-0.05, 0) is 36.8 Å². The van der Waals surface area contributed by atoms with E-state index in [9.17, 15) is 0 Å². The van der Waals surface area contributed by atoms with Crippen LogP contribution in [0, 0.1) is 6.92 Å². The van der Waals surface area contributed by atoms with E-state index in [2.05, 4.69) is 30.4 Å². The normalized spacial score (nSPS) is 11.8. The third kappa shape index (κ3) is 2.80. The van der Waals surface area contributed by atoms with E-state index in [1.54, 1.807) is 29.9 Å². The highest BCUT2D eigenvalue weighted by atomic mass is 35.5. The molecule has 0 N–H and O–H groups in total. The van der Waals surface area contributed by atoms with Gasteiger partial charge in [0.1, 0.15) is 0 Å². The number of benzene rings is 2. The molecule has 0 unspecified atom stereocenters. The second kappa shape index (κ2) is 6.50. The van der Waals surface area contributed by atoms with Crippen LogP contribution in [-0.4, -0.2) is 36.2 Å². The molecule has 0 spiro atoms. The first-order valence-corrected chi connectivity index (χ1v) is 8.81. The molecule has 0 saturated heterocycles. The quantitative estimate of drug-likeness (QED) is 0.434. The average molecular weight is 390 g/mol. The largest absolute Gasteiger partial charge is 0.333 e. The zero-order valence-corrected chi connectivity index (χ0v) is 15.4. The summed E-state index contributed by atoms with van der Waals surface area (Å²) < 4.78 is 6.97. The number of aromatic nitrogens is 6. The molecule has 0 fully saturated rings. The lowest BCUT2D eigenvalue weighted by Crippen LogP contribution is -1.98. The molecule has 28 heavy (non-hydrogen) atoms. The highest BCUT2D eigenvalue weighted by Gasteiger charge is 2.20. The predicted molar refractivity (Wildman–Crippen MR) is 105 cm³/mol. The maximum absolute atomic E-state index is 5.93. The van der Waals surface area contributed by atoms with E-state index in [4.69, 9.17) is 16.1 Å². The van der Waals surface area contributed by atoms with Crippen LogP contribution in [0.2, 0.25) is 5.02 Å². The molecule has 9 heteroatoms. The molecule has 0 bridgehead atoms. The van der Waals surface area contributed by atoms with Crippen LogP contribution in [0.25, 0.3) is 33.8 Å². The summed E-state index contributed by atoms with van der Waals surface area (Å²) in [6, 6.07) is 14.9. The molecule has 136 valence electrons. The van der Waals surface area contributed by atoms with Crippen LogP contribution in [0.1, 0.15) is 11.4 Å². The summed E-state index contributed by atoms with van der Waals surface area (Å²) >= 11 is 5.93. The summed E-state index contributed by atoms with van der Waals surface area (Å²) in [7, 11) is 0. The minimum absolute atomic E-state index is 0.336. The minimum atomic E-state index is 0.336. The Morgan fingerprint density at radius 3 is 2.54 bits per heavy atom. The van der Waals surface area contributed by atoms with E-state index in [1.165, 1.54) is 0 Å². The maximum atomic E-state index is 5.93. The molecule has 0 radical (unpaired) electrons. The number of nitrogens with zero attached hydrogens (tertiary/aromatic N) is 7. The van der Waals surface area contributed by atoms with Crippen LogP contribution in [0.4, 0.5) is 0 Å². The number of para-hydroxylation sites is 2. The van der Waals surface area contributed by atoms with Gasteiger partial charge in [0.2, 0.25) is 5.82 Å². The van der Waals surface area contributed by atoms with Gasteiger partial charge in [-0.1, -0.05) is 41.0 Å². The molecule has 0 amide bonds. The van der Waals surface area contributed by atoms with Gasteiger partial charge in [-0.3, -0.25) is 0 Å². The van der Waals surface area contributed by atoms with Gasteiger partial charge in [0.15, 0.2) is 17.0 Å². The van der Waals surface area contributed by atoms with E-state index >= 15 is 0 Å². The number of hydrogen-bond acceptors (Lipinski definition) is 7. The van der Waals surface area contributed by atoms with E-state index in [1.807, 2.05) is 36.4 Å². The topological polar surface area (TPSA) is 94.9 Å². The Labute approximate surface area is 163 Å². The van der Waals surface area contributed by atoms with Gasteiger partial charge in [-0.15, -0.1) is 10.2 Å². The van der Waals surface area contributed by atoms with Crippen molar-refractivity contribution in [3.63, 3.8) is 0 Å². The molecular formula is C19H12ClN7O. The number of fused-ring (bicyclic) bond motifs is 2. The Balaban J connectivity index is 1.62. The third-order valence-corrected chi connectivity index (χ3v) is 4.44. The molecule has 3 aromatic heterocycles. The number of halogens is 1. The number of rotatable bonds is 3. The van der Waals surface area contributed by atoms with Crippen molar-refractivity contribution < 1.29 is 4.52 Å². The summed E-state index contributed by atoms with van der Waals surface area (Å²) in [5.41, 5.74) is 3.64. The van der Waals surface area contributed by atoms with Gasteiger partial charge in [0.25, 0.3) is 5.71 Å². The molecule has 5 aromatic rings. The van der Waals surface area contributed by atoms with E-state index < -0.39 is 0 Å². The predicted octanol–water partition coefficient (Wildman–Crippen LogP) is 3.87. The summed E-state index contributed by atoms with van der Waals surface area (Å²) in [4.78, 5) is 9.09. The monoisotopic (exact) mass is 389 g/mol. The Hall–Kier alpha value is -3.65. The minimum Gasteiger partial charge on any atom is -0.333 e. The lowest BCUT2D eigenvalue weighted by Gasteiger charge is -2.00. The van der Waals surface area contributed by atoms with Crippen LogP contribution in [0.15, 0.2) is 58.2 Å². The van der Waals surface area contributed by atoms with Crippen LogP contribution in [-0.2, 0) is 0 Å². The number of hydrogen-bond donors (Lipinski definition) is 0. The summed E-state index contributed by atoms with van der Waals surface area (Å²) in [6.45, 7) is 1.80. The first-order chi connectivity index (χ1) is 13.7. The summed E-state index contributed by atoms with van der Waals surface area (Å²) in [5.74, 6) is 1.02. The summed E-state index contributed by atoms with van der Waals surface area (Å²) in [6.07, 6.45) is 1.69. The zero-order valence-electron chi connectivity index (χ0n) is 14.6. The Bertz CT molecular complexity index is 1340. The van der Waals surface area contributed by atoms with E-state index in [-0.39, 0.29) is 0 Å². The molecule has 3 heterocycles. The van der Waals surface area contributed by atoms with Gasteiger partial charge in [-0.2, -0.15) is 9.78 Å². The van der Waals surface area contributed by atoms with Crippen molar-refractivity contribution in [2.45, 2.75) is 6.92 Å². The van der Waals surface area contributed by atoms with Crippen molar-refractivity contribution in [1.82, 2.24) is 30.0 Å². The fraction of sp³-hybridized carbons (Fsp3) is 0.0526. The van der Waals surface area contributed by atoms with E-state index in [0.29, 0.717) is 33.6 Å². The lowest BCUT2D eigenvalue weighted by atomic mass is 10.2. The van der Waals surface area contributed by atoms with Crippen LogP contribution in [0.5, 0.6) is 0 Å². The highest BCUT2D eigenvalue weighted by molar-refractivity contribution is 6.30. The molecule has 0 atom stereocenters. The molecule has 0 saturated carbocycles. The zero-order chi connectivity index (χ0) is 19.1. The second-order valence-electron chi connectivity index (χ2n) is 6.08. The van der Waals surface area contributed by atoms with Crippen LogP contribution in [0.3, 0.4) is 0 Å². The van der Waals surface area contributed by atoms with Crippen molar-refractivity contribution in [3.05, 3.63) is 64.9 Å². The molecular weight excluding hydrogens is 378 g/mol. The van der Waals surface area contributed by atoms with E-state index in [0.717, 1.165) is 16.6 Å². The molecule has 2 aromatic carbocycles. The average Bonchev–Trinajstić information content (AvgIpc) is 3.28. The van der Waals surface area contributed by atoms with Gasteiger partial charge in [-0.25, -0.2) is 9.97 Å². The lowest BCUT2D eigenvalue weighted by molar-refractivity contribution is 0.451. The Morgan fingerprint density at radius 1 is 1.00 bits per heavy atom. The van der Waals surface area contributed by atoms with Crippen LogP contribution >= 0.6 is 11.6 Å². The standard InChI is InChI=1S/C19H12ClN7O/c1-11-24-25-18(27(11)21-10-12-6-8-13(20)9-7-12)16-17-19(28-26-16)23-15-5-3-2-4-14(15)22-17/h2-10H,1H3/b21-10+. The SMILES string of the molecule is Cc1nnc(-c2noc3nc4ccccc4nc23)n1/N=C/c1ccc(Cl)cc1. The molecule has 0 aliphatic rings. The van der Waals surface area contributed by atoms with Gasteiger partial charge >= 0.3 is 0 Å². The first-order valence-electron chi connectivity index (χ1n) is 8.43. The fourth-order valence-electron chi connectivity index (χ4n) is 2.80. The Morgan fingerprint density at radius 2 is 1.75 bits per heavy atom. The second-order valence-corrected chi connectivity index (χ2v) is 6.51. The van der Waals surface area contributed by atoms with Gasteiger partial charge in [0.05, 0.1) is 17.2 Å². The third-order valence-electron chi connectivity index (χ3n) is 4.19. The van der Waals surface area contributed by atoms with Crippen molar-refractivity contribution >= 4 is 40.1 Å². The summed E-state index contributed by atoms with van der Waals surface area (Å²) in [5, 5.41) is 17.6. The smallest absolute Gasteiger partial charge is 0.277 e. The van der Waals surface area contributed by atoms with Gasteiger partial charge in [0, 0.05) is 5.02 Å². The molecule has 8 nitrogen and oxygen atoms in total. The van der Waals surface area contributed by atoms with Crippen molar-refractivity contribution in [1.29, 1.82) is 0 Å². The first kappa shape index (κ1) is 16.5. The molecule has 0 aliphatic carbocycles. The fourth-order valence-corrected chi connectivity index (χ4v) is 2.92. The van der Waals surface area contributed by atoms with Crippen molar-refractivity contribution in [3.8, 4) is 11.5 Å². The maximum Gasteiger partial charge on any atom is 0.277 e. The van der Waals surface area contributed by atoms with Crippen LogP contribution < -0.4 is 0 Å².